The minimum Gasteiger partial charge on any atom is -0.466 e. The van der Waals surface area contributed by atoms with Crippen molar-refractivity contribution in [3.63, 3.8) is 0 Å². The molecule has 0 bridgehead atoms. The van der Waals surface area contributed by atoms with Gasteiger partial charge in [-0.25, -0.2) is 0 Å². The van der Waals surface area contributed by atoms with E-state index in [1.165, 1.54) is 0 Å². The zero-order valence-corrected chi connectivity index (χ0v) is 11.0. The summed E-state index contributed by atoms with van der Waals surface area (Å²) in [5, 5.41) is 0. The van der Waals surface area contributed by atoms with Crippen LogP contribution in [0.4, 0.5) is 0 Å². The molecule has 0 saturated heterocycles. The highest BCUT2D eigenvalue weighted by Crippen LogP contribution is 2.15. The largest absolute Gasteiger partial charge is 0.466 e. The lowest BCUT2D eigenvalue weighted by Crippen LogP contribution is -2.46. The van der Waals surface area contributed by atoms with Crippen LogP contribution >= 0.6 is 0 Å². The average molecular weight is 260 g/mol. The van der Waals surface area contributed by atoms with Crippen LogP contribution in [0.3, 0.4) is 0 Å². The molecule has 1 aromatic carbocycles. The Morgan fingerprint density at radius 2 is 1.76 bits per heavy atom. The van der Waals surface area contributed by atoms with Gasteiger partial charge in [0.2, 0.25) is 0 Å². The van der Waals surface area contributed by atoms with Gasteiger partial charge in [-0.2, -0.15) is 8.42 Å². The van der Waals surface area contributed by atoms with E-state index < -0.39 is 15.6 Å². The predicted octanol–water partition coefficient (Wildman–Crippen LogP) is 0.985. The van der Waals surface area contributed by atoms with Gasteiger partial charge in [0.25, 0.3) is 5.44 Å². The molecule has 0 heterocycles. The number of ether oxygens (including phenoxy) is 1. The first kappa shape index (κ1) is 14.0. The van der Waals surface area contributed by atoms with Crippen LogP contribution in [0.1, 0.15) is 0 Å². The number of benzene rings is 1. The fourth-order valence-electron chi connectivity index (χ4n) is 1.29. The molecule has 1 rings (SSSR count). The molecule has 0 aliphatic carbocycles. The molecule has 0 saturated carbocycles. The van der Waals surface area contributed by atoms with E-state index in [1.54, 1.807) is 30.3 Å². The topological polar surface area (TPSA) is 63.6 Å². The molecule has 1 atom stereocenters. The van der Waals surface area contributed by atoms with Crippen molar-refractivity contribution < 1.29 is 22.2 Å². The van der Waals surface area contributed by atoms with Crippen LogP contribution in [0.25, 0.3) is 0 Å². The number of rotatable bonds is 5. The molecule has 0 fully saturated rings. The Morgan fingerprint density at radius 1 is 1.24 bits per heavy atom. The number of para-hydroxylation sites is 1. The summed E-state index contributed by atoms with van der Waals surface area (Å²) in [6.07, 6.45) is 0. The van der Waals surface area contributed by atoms with E-state index in [1.807, 2.05) is 21.1 Å². The minimum atomic E-state index is -4.23. The second-order valence-electron chi connectivity index (χ2n) is 4.85. The van der Waals surface area contributed by atoms with Gasteiger partial charge in [-0.15, -0.1) is 0 Å². The van der Waals surface area contributed by atoms with Crippen LogP contribution in [-0.2, 0) is 10.1 Å². The third kappa shape index (κ3) is 5.16. The fourth-order valence-corrected chi connectivity index (χ4v) is 2.16. The maximum atomic E-state index is 11.2. The number of hydrogen-bond acceptors (Lipinski definition) is 3. The van der Waals surface area contributed by atoms with Crippen molar-refractivity contribution in [3.05, 3.63) is 30.3 Å². The maximum Gasteiger partial charge on any atom is 0.309 e. The molecule has 96 valence electrons. The normalized spacial score (nSPS) is 14.4. The molecule has 1 aromatic rings. The molecule has 0 radical (unpaired) electrons. The second-order valence-corrected chi connectivity index (χ2v) is 6.40. The Kier molecular flexibility index (Phi) is 4.13. The number of quaternary nitrogens is 1. The van der Waals surface area contributed by atoms with Crippen molar-refractivity contribution in [2.45, 2.75) is 5.44 Å². The second kappa shape index (κ2) is 5.03. The van der Waals surface area contributed by atoms with Crippen LogP contribution in [0.15, 0.2) is 30.3 Å². The Morgan fingerprint density at radius 3 is 2.18 bits per heavy atom. The molecule has 0 spiro atoms. The van der Waals surface area contributed by atoms with Crippen molar-refractivity contribution in [3.8, 4) is 5.75 Å². The Labute approximate surface area is 102 Å². The van der Waals surface area contributed by atoms with E-state index in [-0.39, 0.29) is 6.54 Å². The standard InChI is InChI=1S/C11H17NO4S/c1-12(2,3)9-11(17(13,14)15)16-10-7-5-4-6-8-10/h4-8,11H,9H2,1-3H3/p+1. The zero-order valence-electron chi connectivity index (χ0n) is 10.2. The molecule has 0 amide bonds. The molecule has 0 aliphatic heterocycles. The lowest BCUT2D eigenvalue weighted by molar-refractivity contribution is -0.871. The Hall–Kier alpha value is -1.11. The summed E-state index contributed by atoms with van der Waals surface area (Å²) in [7, 11) is 1.24. The Bertz CT molecular complexity index is 450. The highest BCUT2D eigenvalue weighted by atomic mass is 32.2. The van der Waals surface area contributed by atoms with Crippen molar-refractivity contribution >= 4 is 10.1 Å². The summed E-state index contributed by atoms with van der Waals surface area (Å²) < 4.78 is 37.3. The van der Waals surface area contributed by atoms with Gasteiger partial charge in [-0.1, -0.05) is 18.2 Å². The molecule has 0 aliphatic rings. The molecule has 6 heteroatoms. The van der Waals surface area contributed by atoms with Gasteiger partial charge in [-0.05, 0) is 12.1 Å². The molecular formula is C11H18NO4S+. The quantitative estimate of drug-likeness (QED) is 0.633. The smallest absolute Gasteiger partial charge is 0.309 e. The molecule has 1 N–H and O–H groups in total. The van der Waals surface area contributed by atoms with Gasteiger partial charge in [0.05, 0.1) is 21.1 Å². The van der Waals surface area contributed by atoms with E-state index in [9.17, 15) is 8.42 Å². The first-order valence-electron chi connectivity index (χ1n) is 5.17. The van der Waals surface area contributed by atoms with Crippen LogP contribution < -0.4 is 4.74 Å². The number of hydrogen-bond donors (Lipinski definition) is 1. The highest BCUT2D eigenvalue weighted by molar-refractivity contribution is 7.86. The third-order valence-corrected chi connectivity index (χ3v) is 2.95. The lowest BCUT2D eigenvalue weighted by atomic mass is 10.3. The summed E-state index contributed by atoms with van der Waals surface area (Å²) in [6.45, 7) is 0.160. The summed E-state index contributed by atoms with van der Waals surface area (Å²) in [6, 6.07) is 8.57. The van der Waals surface area contributed by atoms with E-state index >= 15 is 0 Å². The van der Waals surface area contributed by atoms with Crippen LogP contribution in [0.5, 0.6) is 5.75 Å². The molecule has 1 unspecified atom stereocenters. The van der Waals surface area contributed by atoms with Gasteiger partial charge in [0.1, 0.15) is 12.3 Å². The predicted molar refractivity (Wildman–Crippen MR) is 65.3 cm³/mol. The van der Waals surface area contributed by atoms with Crippen LogP contribution in [-0.4, -0.2) is 50.6 Å². The highest BCUT2D eigenvalue weighted by Gasteiger charge is 2.31. The van der Waals surface area contributed by atoms with Crippen molar-refractivity contribution in [1.82, 2.24) is 0 Å². The van der Waals surface area contributed by atoms with E-state index in [0.29, 0.717) is 10.2 Å². The van der Waals surface area contributed by atoms with Crippen molar-refractivity contribution in [1.29, 1.82) is 0 Å². The number of nitrogens with zero attached hydrogens (tertiary/aromatic N) is 1. The van der Waals surface area contributed by atoms with Gasteiger partial charge in [0.15, 0.2) is 0 Å². The molecule has 5 nitrogen and oxygen atoms in total. The van der Waals surface area contributed by atoms with E-state index in [2.05, 4.69) is 0 Å². The minimum absolute atomic E-state index is 0.160. The molecule has 0 aromatic heterocycles. The van der Waals surface area contributed by atoms with Gasteiger partial charge >= 0.3 is 10.1 Å². The summed E-state index contributed by atoms with van der Waals surface area (Å²) in [5.41, 5.74) is -1.26. The summed E-state index contributed by atoms with van der Waals surface area (Å²) in [4.78, 5) is 0. The monoisotopic (exact) mass is 260 g/mol. The summed E-state index contributed by atoms with van der Waals surface area (Å²) in [5.74, 6) is 0.420. The van der Waals surface area contributed by atoms with Gasteiger partial charge < -0.3 is 9.22 Å². The fraction of sp³-hybridized carbons (Fsp3) is 0.455. The molecule has 17 heavy (non-hydrogen) atoms. The zero-order chi connectivity index (χ0) is 13.1. The van der Waals surface area contributed by atoms with Crippen LogP contribution in [0, 0.1) is 0 Å². The SMILES string of the molecule is C[N+](C)(C)CC(Oc1ccccc1)S(=O)(=O)O. The third-order valence-electron chi connectivity index (χ3n) is 2.04. The van der Waals surface area contributed by atoms with Gasteiger partial charge in [-0.3, -0.25) is 4.55 Å². The first-order valence-corrected chi connectivity index (χ1v) is 6.67. The van der Waals surface area contributed by atoms with Crippen molar-refractivity contribution in [2.24, 2.45) is 0 Å². The van der Waals surface area contributed by atoms with E-state index in [4.69, 9.17) is 9.29 Å². The van der Waals surface area contributed by atoms with Gasteiger partial charge in [0, 0.05) is 0 Å². The van der Waals surface area contributed by atoms with Crippen molar-refractivity contribution in [2.75, 3.05) is 27.7 Å². The first-order chi connectivity index (χ1) is 7.68. The maximum absolute atomic E-state index is 11.2. The lowest BCUT2D eigenvalue weighted by Gasteiger charge is -2.27. The van der Waals surface area contributed by atoms with E-state index in [0.717, 1.165) is 0 Å². The number of likely N-dealkylation sites (N-methyl/N-ethyl adjacent to an activating group) is 1. The Balaban J connectivity index is 2.87. The van der Waals surface area contributed by atoms with Crippen LogP contribution in [0.2, 0.25) is 0 Å². The average Bonchev–Trinajstić information content (AvgIpc) is 2.15. The molecular weight excluding hydrogens is 242 g/mol. The summed E-state index contributed by atoms with van der Waals surface area (Å²) >= 11 is 0.